The topological polar surface area (TPSA) is 3.24 Å². The first kappa shape index (κ1) is 6.66. The first-order valence-electron chi connectivity index (χ1n) is 4.49. The van der Waals surface area contributed by atoms with Gasteiger partial charge in [0.15, 0.2) is 0 Å². The number of rotatable bonds is 0. The minimum atomic E-state index is 0.939. The third-order valence-electron chi connectivity index (χ3n) is 3.33. The van der Waals surface area contributed by atoms with Gasteiger partial charge in [-0.25, -0.2) is 0 Å². The standard InChI is InChI=1S/C9H17N/c1-7-5-8-3-4-9(6-7)10(8)2/h7-9H,3-6H2,1-2H3/t8-,9-/m1/s1. The summed E-state index contributed by atoms with van der Waals surface area (Å²) in [6, 6.07) is 1.88. The summed E-state index contributed by atoms with van der Waals surface area (Å²) < 4.78 is 0. The van der Waals surface area contributed by atoms with Crippen LogP contribution in [0.25, 0.3) is 0 Å². The molecule has 2 rings (SSSR count). The zero-order valence-corrected chi connectivity index (χ0v) is 7.01. The van der Waals surface area contributed by atoms with E-state index in [9.17, 15) is 0 Å². The van der Waals surface area contributed by atoms with Gasteiger partial charge in [0.2, 0.25) is 0 Å². The number of nitrogens with zero attached hydrogens (tertiary/aromatic N) is 1. The third-order valence-corrected chi connectivity index (χ3v) is 3.33. The monoisotopic (exact) mass is 139 g/mol. The Bertz CT molecular complexity index is 119. The van der Waals surface area contributed by atoms with E-state index in [-0.39, 0.29) is 0 Å². The molecule has 1 heteroatoms. The van der Waals surface area contributed by atoms with Gasteiger partial charge in [0, 0.05) is 12.1 Å². The van der Waals surface area contributed by atoms with Crippen LogP contribution < -0.4 is 0 Å². The number of fused-ring (bicyclic) bond motifs is 2. The molecule has 2 aliphatic rings. The molecule has 0 radical (unpaired) electrons. The number of piperidine rings is 1. The van der Waals surface area contributed by atoms with Crippen LogP contribution in [-0.2, 0) is 0 Å². The molecule has 0 aromatic rings. The van der Waals surface area contributed by atoms with Gasteiger partial charge < -0.3 is 4.90 Å². The van der Waals surface area contributed by atoms with Crippen LogP contribution in [0.5, 0.6) is 0 Å². The second-order valence-corrected chi connectivity index (χ2v) is 4.13. The van der Waals surface area contributed by atoms with Gasteiger partial charge in [-0.05, 0) is 38.6 Å². The molecule has 0 unspecified atom stereocenters. The highest BCUT2D eigenvalue weighted by molar-refractivity contribution is 4.91. The second kappa shape index (κ2) is 2.23. The van der Waals surface area contributed by atoms with E-state index in [4.69, 9.17) is 0 Å². The van der Waals surface area contributed by atoms with Crippen molar-refractivity contribution in [3.8, 4) is 0 Å². The molecule has 0 saturated carbocycles. The zero-order chi connectivity index (χ0) is 7.14. The van der Waals surface area contributed by atoms with Crippen molar-refractivity contribution in [3.63, 3.8) is 0 Å². The molecule has 2 heterocycles. The van der Waals surface area contributed by atoms with Crippen LogP contribution in [0, 0.1) is 5.92 Å². The molecule has 2 bridgehead atoms. The Morgan fingerprint density at radius 1 is 1.10 bits per heavy atom. The van der Waals surface area contributed by atoms with Crippen LogP contribution in [0.1, 0.15) is 32.6 Å². The predicted octanol–water partition coefficient (Wildman–Crippen LogP) is 1.88. The molecule has 1 nitrogen and oxygen atoms in total. The molecule has 2 atom stereocenters. The van der Waals surface area contributed by atoms with Crippen LogP contribution >= 0.6 is 0 Å². The Labute approximate surface area is 63.4 Å². The van der Waals surface area contributed by atoms with Crippen molar-refractivity contribution in [2.45, 2.75) is 44.7 Å². The molecule has 10 heavy (non-hydrogen) atoms. The lowest BCUT2D eigenvalue weighted by atomic mass is 9.93. The molecule has 0 N–H and O–H groups in total. The average Bonchev–Trinajstić information content (AvgIpc) is 2.20. The first-order valence-corrected chi connectivity index (χ1v) is 4.49. The van der Waals surface area contributed by atoms with Crippen LogP contribution in [0.4, 0.5) is 0 Å². The Hall–Kier alpha value is -0.0400. The maximum Gasteiger partial charge on any atom is 0.00982 e. The summed E-state index contributed by atoms with van der Waals surface area (Å²) >= 11 is 0. The van der Waals surface area contributed by atoms with Crippen molar-refractivity contribution in [3.05, 3.63) is 0 Å². The van der Waals surface area contributed by atoms with Crippen molar-refractivity contribution in [2.75, 3.05) is 7.05 Å². The Morgan fingerprint density at radius 3 is 2.10 bits per heavy atom. The minimum Gasteiger partial charge on any atom is -0.300 e. The third kappa shape index (κ3) is 0.878. The van der Waals surface area contributed by atoms with Gasteiger partial charge in [-0.3, -0.25) is 0 Å². The van der Waals surface area contributed by atoms with E-state index in [1.165, 1.54) is 25.7 Å². The summed E-state index contributed by atoms with van der Waals surface area (Å²) in [5, 5.41) is 0. The van der Waals surface area contributed by atoms with Crippen molar-refractivity contribution in [1.29, 1.82) is 0 Å². The fraction of sp³-hybridized carbons (Fsp3) is 1.00. The fourth-order valence-electron chi connectivity index (χ4n) is 2.68. The minimum absolute atomic E-state index is 0.939. The average molecular weight is 139 g/mol. The summed E-state index contributed by atoms with van der Waals surface area (Å²) in [5.74, 6) is 0.994. The summed E-state index contributed by atoms with van der Waals surface area (Å²) in [7, 11) is 2.30. The maximum absolute atomic E-state index is 2.60. The molecular formula is C9H17N. The summed E-state index contributed by atoms with van der Waals surface area (Å²) in [4.78, 5) is 2.60. The van der Waals surface area contributed by atoms with E-state index in [1.54, 1.807) is 0 Å². The van der Waals surface area contributed by atoms with E-state index < -0.39 is 0 Å². The molecule has 58 valence electrons. The molecule has 0 aromatic carbocycles. The van der Waals surface area contributed by atoms with E-state index in [0.717, 1.165) is 18.0 Å². The van der Waals surface area contributed by atoms with Crippen molar-refractivity contribution in [1.82, 2.24) is 4.90 Å². The van der Waals surface area contributed by atoms with Crippen molar-refractivity contribution in [2.24, 2.45) is 5.92 Å². The van der Waals surface area contributed by atoms with E-state index >= 15 is 0 Å². The number of hydrogen-bond donors (Lipinski definition) is 0. The molecule has 2 fully saturated rings. The van der Waals surface area contributed by atoms with Crippen LogP contribution in [0.3, 0.4) is 0 Å². The van der Waals surface area contributed by atoms with Crippen LogP contribution in [0.15, 0.2) is 0 Å². The first-order chi connectivity index (χ1) is 4.77. The van der Waals surface area contributed by atoms with Gasteiger partial charge in [0.25, 0.3) is 0 Å². The van der Waals surface area contributed by atoms with E-state index in [1.807, 2.05) is 0 Å². The molecule has 0 aromatic heterocycles. The van der Waals surface area contributed by atoms with Gasteiger partial charge in [-0.1, -0.05) is 6.92 Å². The van der Waals surface area contributed by atoms with Crippen molar-refractivity contribution >= 4 is 0 Å². The SMILES string of the molecule is CC1C[C@H]2CC[C@H](C1)N2C. The lowest BCUT2D eigenvalue weighted by Crippen LogP contribution is -2.39. The summed E-state index contributed by atoms with van der Waals surface area (Å²) in [5.41, 5.74) is 0. The smallest absolute Gasteiger partial charge is 0.00982 e. The largest absolute Gasteiger partial charge is 0.300 e. The maximum atomic E-state index is 2.60. The summed E-state index contributed by atoms with van der Waals surface area (Å²) in [6.45, 7) is 2.40. The van der Waals surface area contributed by atoms with E-state index in [0.29, 0.717) is 0 Å². The Balaban J connectivity index is 2.09. The van der Waals surface area contributed by atoms with Gasteiger partial charge in [0.05, 0.1) is 0 Å². The summed E-state index contributed by atoms with van der Waals surface area (Å²) in [6.07, 6.45) is 5.83. The fourth-order valence-corrected chi connectivity index (χ4v) is 2.68. The normalized spacial score (nSPS) is 48.0. The van der Waals surface area contributed by atoms with Gasteiger partial charge in [-0.15, -0.1) is 0 Å². The number of hydrogen-bond acceptors (Lipinski definition) is 1. The Morgan fingerprint density at radius 2 is 1.60 bits per heavy atom. The second-order valence-electron chi connectivity index (χ2n) is 4.13. The molecule has 0 spiro atoms. The lowest BCUT2D eigenvalue weighted by Gasteiger charge is -2.34. The van der Waals surface area contributed by atoms with Gasteiger partial charge in [0.1, 0.15) is 0 Å². The van der Waals surface area contributed by atoms with Crippen molar-refractivity contribution < 1.29 is 0 Å². The quantitative estimate of drug-likeness (QED) is 0.495. The molecule has 2 saturated heterocycles. The zero-order valence-electron chi connectivity index (χ0n) is 7.01. The van der Waals surface area contributed by atoms with E-state index in [2.05, 4.69) is 18.9 Å². The highest BCUT2D eigenvalue weighted by atomic mass is 15.2. The van der Waals surface area contributed by atoms with Gasteiger partial charge >= 0.3 is 0 Å². The highest BCUT2D eigenvalue weighted by Crippen LogP contribution is 2.36. The predicted molar refractivity (Wildman–Crippen MR) is 43.0 cm³/mol. The van der Waals surface area contributed by atoms with Gasteiger partial charge in [-0.2, -0.15) is 0 Å². The highest BCUT2D eigenvalue weighted by Gasteiger charge is 2.36. The Kier molecular flexibility index (Phi) is 1.48. The molecule has 2 aliphatic heterocycles. The molecule has 0 aliphatic carbocycles. The van der Waals surface area contributed by atoms with Crippen LogP contribution in [-0.4, -0.2) is 24.0 Å². The molecule has 0 amide bonds. The lowest BCUT2D eigenvalue weighted by molar-refractivity contribution is 0.142. The van der Waals surface area contributed by atoms with Crippen LogP contribution in [0.2, 0.25) is 0 Å². The molecular weight excluding hydrogens is 122 g/mol.